The zero-order valence-electron chi connectivity index (χ0n) is 12.4. The van der Waals surface area contributed by atoms with Crippen molar-refractivity contribution in [2.24, 2.45) is 0 Å². The molecule has 20 heavy (non-hydrogen) atoms. The van der Waals surface area contributed by atoms with Crippen molar-refractivity contribution in [1.82, 2.24) is 5.32 Å². The van der Waals surface area contributed by atoms with Crippen LogP contribution in [-0.4, -0.2) is 27.4 Å². The van der Waals surface area contributed by atoms with Gasteiger partial charge in [-0.25, -0.2) is 0 Å². The molecule has 1 atom stereocenters. The first-order valence-corrected chi connectivity index (χ1v) is 7.08. The molecule has 1 aliphatic heterocycles. The van der Waals surface area contributed by atoms with Gasteiger partial charge in [-0.05, 0) is 43.7 Å². The molecule has 1 aromatic rings. The van der Waals surface area contributed by atoms with Crippen LogP contribution in [-0.2, 0) is 4.74 Å². The van der Waals surface area contributed by atoms with Gasteiger partial charge in [0.2, 0.25) is 0 Å². The topological polar surface area (TPSA) is 39.7 Å². The quantitative estimate of drug-likeness (QED) is 0.867. The van der Waals surface area contributed by atoms with Crippen LogP contribution in [0.2, 0.25) is 0 Å². The Morgan fingerprint density at radius 2 is 2.15 bits per heavy atom. The minimum atomic E-state index is 0.00495. The van der Waals surface area contributed by atoms with E-state index in [-0.39, 0.29) is 6.04 Å². The summed E-state index contributed by atoms with van der Waals surface area (Å²) in [5, 5.41) is 3.47. The molecule has 1 N–H and O–H groups in total. The van der Waals surface area contributed by atoms with Gasteiger partial charge in [-0.3, -0.25) is 0 Å². The summed E-state index contributed by atoms with van der Waals surface area (Å²) >= 11 is 0. The van der Waals surface area contributed by atoms with Crippen molar-refractivity contribution in [3.8, 4) is 11.5 Å². The molecule has 0 radical (unpaired) electrons. The molecular formula is C16H23NO3. The Hall–Kier alpha value is -1.68. The van der Waals surface area contributed by atoms with Crippen molar-refractivity contribution in [2.45, 2.75) is 25.8 Å². The molecular weight excluding hydrogens is 254 g/mol. The fourth-order valence-corrected chi connectivity index (χ4v) is 2.41. The number of hydrogen-bond acceptors (Lipinski definition) is 4. The minimum absolute atomic E-state index is 0.00495. The van der Waals surface area contributed by atoms with Gasteiger partial charge in [-0.2, -0.15) is 0 Å². The highest BCUT2D eigenvalue weighted by Crippen LogP contribution is 2.34. The number of likely N-dealkylation sites (N-methyl/N-ethyl adjacent to an activating group) is 1. The SMILES string of the molecule is CCNC(C1=CCCCO1)c1cc(OC)ccc1OC. The predicted molar refractivity (Wildman–Crippen MR) is 79.2 cm³/mol. The highest BCUT2D eigenvalue weighted by atomic mass is 16.5. The van der Waals surface area contributed by atoms with Crippen molar-refractivity contribution in [3.63, 3.8) is 0 Å². The van der Waals surface area contributed by atoms with Crippen LogP contribution >= 0.6 is 0 Å². The van der Waals surface area contributed by atoms with Crippen LogP contribution in [0, 0.1) is 0 Å². The van der Waals surface area contributed by atoms with E-state index < -0.39 is 0 Å². The molecule has 1 heterocycles. The molecule has 0 aliphatic carbocycles. The number of hydrogen-bond donors (Lipinski definition) is 1. The number of rotatable bonds is 6. The van der Waals surface area contributed by atoms with E-state index in [2.05, 4.69) is 18.3 Å². The highest BCUT2D eigenvalue weighted by Gasteiger charge is 2.23. The molecule has 0 fully saturated rings. The smallest absolute Gasteiger partial charge is 0.124 e. The van der Waals surface area contributed by atoms with Crippen molar-refractivity contribution >= 4 is 0 Å². The van der Waals surface area contributed by atoms with Gasteiger partial charge in [-0.15, -0.1) is 0 Å². The van der Waals surface area contributed by atoms with Crippen LogP contribution in [0.5, 0.6) is 11.5 Å². The van der Waals surface area contributed by atoms with Gasteiger partial charge in [-0.1, -0.05) is 6.92 Å². The Morgan fingerprint density at radius 1 is 1.30 bits per heavy atom. The Balaban J connectivity index is 2.39. The Bertz CT molecular complexity index is 471. The van der Waals surface area contributed by atoms with E-state index in [9.17, 15) is 0 Å². The van der Waals surface area contributed by atoms with Gasteiger partial charge in [0.25, 0.3) is 0 Å². The van der Waals surface area contributed by atoms with Crippen molar-refractivity contribution in [3.05, 3.63) is 35.6 Å². The molecule has 1 aromatic carbocycles. The second kappa shape index (κ2) is 7.20. The van der Waals surface area contributed by atoms with Crippen LogP contribution in [0.1, 0.15) is 31.4 Å². The normalized spacial score (nSPS) is 16.1. The minimum Gasteiger partial charge on any atom is -0.497 e. The highest BCUT2D eigenvalue weighted by molar-refractivity contribution is 5.44. The third-order valence-electron chi connectivity index (χ3n) is 3.40. The van der Waals surface area contributed by atoms with Gasteiger partial charge >= 0.3 is 0 Å². The maximum Gasteiger partial charge on any atom is 0.124 e. The molecule has 2 rings (SSSR count). The van der Waals surface area contributed by atoms with Gasteiger partial charge in [0.15, 0.2) is 0 Å². The fraction of sp³-hybridized carbons (Fsp3) is 0.500. The van der Waals surface area contributed by atoms with Crippen LogP contribution in [0.4, 0.5) is 0 Å². The lowest BCUT2D eigenvalue weighted by molar-refractivity contribution is 0.167. The summed E-state index contributed by atoms with van der Waals surface area (Å²) in [5.74, 6) is 2.64. The van der Waals surface area contributed by atoms with Gasteiger partial charge in [0, 0.05) is 5.56 Å². The van der Waals surface area contributed by atoms with E-state index in [0.717, 1.165) is 48.8 Å². The van der Waals surface area contributed by atoms with Gasteiger partial charge < -0.3 is 19.5 Å². The maximum absolute atomic E-state index is 5.82. The van der Waals surface area contributed by atoms with E-state index in [1.807, 2.05) is 18.2 Å². The largest absolute Gasteiger partial charge is 0.497 e. The lowest BCUT2D eigenvalue weighted by atomic mass is 10.0. The zero-order valence-corrected chi connectivity index (χ0v) is 12.4. The fourth-order valence-electron chi connectivity index (χ4n) is 2.41. The average Bonchev–Trinajstić information content (AvgIpc) is 2.53. The number of allylic oxidation sites excluding steroid dienone is 1. The zero-order chi connectivity index (χ0) is 14.4. The lowest BCUT2D eigenvalue weighted by Gasteiger charge is -2.26. The monoisotopic (exact) mass is 277 g/mol. The van der Waals surface area contributed by atoms with Crippen LogP contribution in [0.3, 0.4) is 0 Å². The summed E-state index contributed by atoms with van der Waals surface area (Å²) in [5.41, 5.74) is 1.04. The molecule has 0 amide bonds. The maximum atomic E-state index is 5.82. The van der Waals surface area contributed by atoms with E-state index in [0.29, 0.717) is 0 Å². The first-order chi connectivity index (χ1) is 9.80. The van der Waals surface area contributed by atoms with Crippen LogP contribution in [0.15, 0.2) is 30.0 Å². The van der Waals surface area contributed by atoms with Crippen LogP contribution in [0.25, 0.3) is 0 Å². The molecule has 110 valence electrons. The summed E-state index contributed by atoms with van der Waals surface area (Å²) in [4.78, 5) is 0. The van der Waals surface area contributed by atoms with Gasteiger partial charge in [0.05, 0.1) is 26.9 Å². The Kier molecular flexibility index (Phi) is 5.30. The molecule has 1 aliphatic rings. The van der Waals surface area contributed by atoms with E-state index >= 15 is 0 Å². The third kappa shape index (κ3) is 3.25. The summed E-state index contributed by atoms with van der Waals surface area (Å²) in [6.45, 7) is 3.72. The van der Waals surface area contributed by atoms with Gasteiger partial charge in [0.1, 0.15) is 17.3 Å². The lowest BCUT2D eigenvalue weighted by Crippen LogP contribution is -2.25. The number of ether oxygens (including phenoxy) is 3. The first-order valence-electron chi connectivity index (χ1n) is 7.08. The molecule has 1 unspecified atom stereocenters. The molecule has 0 spiro atoms. The first kappa shape index (κ1) is 14.7. The second-order valence-electron chi connectivity index (χ2n) is 4.70. The van der Waals surface area contributed by atoms with E-state index in [4.69, 9.17) is 14.2 Å². The van der Waals surface area contributed by atoms with Crippen molar-refractivity contribution < 1.29 is 14.2 Å². The summed E-state index contributed by atoms with van der Waals surface area (Å²) in [6.07, 6.45) is 4.30. The molecule has 0 saturated carbocycles. The third-order valence-corrected chi connectivity index (χ3v) is 3.40. The number of benzene rings is 1. The summed E-state index contributed by atoms with van der Waals surface area (Å²) < 4.78 is 16.6. The molecule has 0 saturated heterocycles. The molecule has 4 heteroatoms. The van der Waals surface area contributed by atoms with Crippen LogP contribution < -0.4 is 14.8 Å². The van der Waals surface area contributed by atoms with Crippen molar-refractivity contribution in [2.75, 3.05) is 27.4 Å². The van der Waals surface area contributed by atoms with E-state index in [1.54, 1.807) is 14.2 Å². The van der Waals surface area contributed by atoms with E-state index in [1.165, 1.54) is 0 Å². The molecule has 0 aromatic heterocycles. The predicted octanol–water partition coefficient (Wildman–Crippen LogP) is 3.05. The Morgan fingerprint density at radius 3 is 2.75 bits per heavy atom. The molecule has 0 bridgehead atoms. The Labute approximate surface area is 120 Å². The summed E-state index contributed by atoms with van der Waals surface area (Å²) in [7, 11) is 3.36. The average molecular weight is 277 g/mol. The number of nitrogens with one attached hydrogen (secondary N) is 1. The summed E-state index contributed by atoms with van der Waals surface area (Å²) in [6, 6.07) is 5.85. The number of methoxy groups -OCH3 is 2. The molecule has 4 nitrogen and oxygen atoms in total. The second-order valence-corrected chi connectivity index (χ2v) is 4.70. The standard InChI is InChI=1S/C16H23NO3/c1-4-17-16(15-7-5-6-10-20-15)13-11-12(18-2)8-9-14(13)19-3/h7-9,11,16-17H,4-6,10H2,1-3H3. The van der Waals surface area contributed by atoms with Crippen molar-refractivity contribution in [1.29, 1.82) is 0 Å².